The first-order valence-electron chi connectivity index (χ1n) is 7.84. The number of hydrogen-bond acceptors (Lipinski definition) is 4. The van der Waals surface area contributed by atoms with E-state index in [1.807, 2.05) is 35.0 Å². The number of thiophene rings is 2. The van der Waals surface area contributed by atoms with Crippen molar-refractivity contribution in [3.63, 3.8) is 0 Å². The van der Waals surface area contributed by atoms with E-state index in [0.29, 0.717) is 11.4 Å². The number of carbonyl (C=O) groups is 2. The molecule has 0 aliphatic carbocycles. The first-order chi connectivity index (χ1) is 12.7. The van der Waals surface area contributed by atoms with Crippen molar-refractivity contribution in [3.05, 3.63) is 81.2 Å². The Morgan fingerprint density at radius 1 is 0.731 bits per heavy atom. The van der Waals surface area contributed by atoms with Gasteiger partial charge in [-0.1, -0.05) is 18.2 Å². The number of carbonyl (C=O) groups excluding carboxylic acids is 2. The van der Waals surface area contributed by atoms with Crippen molar-refractivity contribution in [2.45, 2.75) is 0 Å². The summed E-state index contributed by atoms with van der Waals surface area (Å²) in [5.74, 6) is -0.445. The van der Waals surface area contributed by atoms with Gasteiger partial charge in [0, 0.05) is 33.3 Å². The number of benzene rings is 1. The fraction of sp³-hybridized carbons (Fsp3) is 0. The summed E-state index contributed by atoms with van der Waals surface area (Å²) < 4.78 is 0. The second kappa shape index (κ2) is 8.94. The molecule has 0 saturated heterocycles. The molecule has 0 atom stereocenters. The SMILES string of the molecule is O=C(/C=C\c1cccs1)Nc1cccc(NC(=O)/C=C\c2cccs2)c1. The molecule has 3 rings (SSSR count). The molecular formula is C20H16N2O2S2. The molecule has 2 heterocycles. The van der Waals surface area contributed by atoms with Crippen molar-refractivity contribution in [2.75, 3.05) is 10.6 Å². The van der Waals surface area contributed by atoms with Crippen LogP contribution in [0.15, 0.2) is 71.4 Å². The fourth-order valence-electron chi connectivity index (χ4n) is 2.13. The Labute approximate surface area is 159 Å². The standard InChI is InChI=1S/C20H16N2O2S2/c23-19(10-8-17-6-2-12-25-17)21-15-4-1-5-16(14-15)22-20(24)11-9-18-7-3-13-26-18/h1-14H,(H,21,23)(H,22,24)/b10-8-,11-9-. The Bertz CT molecular complexity index is 853. The van der Waals surface area contributed by atoms with Gasteiger partial charge in [-0.05, 0) is 53.2 Å². The van der Waals surface area contributed by atoms with Crippen LogP contribution in [0.5, 0.6) is 0 Å². The monoisotopic (exact) mass is 380 g/mol. The first-order valence-corrected chi connectivity index (χ1v) is 9.60. The summed E-state index contributed by atoms with van der Waals surface area (Å²) in [5, 5.41) is 9.48. The Kier molecular flexibility index (Phi) is 6.14. The highest BCUT2D eigenvalue weighted by Crippen LogP contribution is 2.16. The lowest BCUT2D eigenvalue weighted by Gasteiger charge is -2.06. The molecule has 0 spiro atoms. The van der Waals surface area contributed by atoms with Crippen LogP contribution in [-0.4, -0.2) is 11.8 Å². The average molecular weight is 380 g/mol. The summed E-state index contributed by atoms with van der Waals surface area (Å²) in [5.41, 5.74) is 1.23. The number of amides is 2. The van der Waals surface area contributed by atoms with Gasteiger partial charge >= 0.3 is 0 Å². The minimum Gasteiger partial charge on any atom is -0.322 e. The van der Waals surface area contributed by atoms with Crippen LogP contribution in [0.1, 0.15) is 9.75 Å². The minimum absolute atomic E-state index is 0.223. The first kappa shape index (κ1) is 17.8. The van der Waals surface area contributed by atoms with Crippen molar-refractivity contribution in [2.24, 2.45) is 0 Å². The van der Waals surface area contributed by atoms with Crippen molar-refractivity contribution in [1.29, 1.82) is 0 Å². The smallest absolute Gasteiger partial charge is 0.248 e. The molecular weight excluding hydrogens is 364 g/mol. The van der Waals surface area contributed by atoms with E-state index in [1.54, 1.807) is 59.1 Å². The van der Waals surface area contributed by atoms with Crippen LogP contribution in [0.4, 0.5) is 11.4 Å². The average Bonchev–Trinajstić information content (AvgIpc) is 3.32. The number of nitrogens with one attached hydrogen (secondary N) is 2. The zero-order valence-corrected chi connectivity index (χ0v) is 15.3. The third kappa shape index (κ3) is 5.54. The quantitative estimate of drug-likeness (QED) is 0.584. The van der Waals surface area contributed by atoms with Crippen molar-refractivity contribution < 1.29 is 9.59 Å². The largest absolute Gasteiger partial charge is 0.322 e. The van der Waals surface area contributed by atoms with Gasteiger partial charge in [0.05, 0.1) is 0 Å². The van der Waals surface area contributed by atoms with Crippen molar-refractivity contribution in [3.8, 4) is 0 Å². The second-order valence-electron chi connectivity index (χ2n) is 5.26. The van der Waals surface area contributed by atoms with Crippen LogP contribution in [0.2, 0.25) is 0 Å². The lowest BCUT2D eigenvalue weighted by molar-refractivity contribution is -0.112. The molecule has 0 aliphatic heterocycles. The number of hydrogen-bond donors (Lipinski definition) is 2. The zero-order valence-electron chi connectivity index (χ0n) is 13.7. The number of rotatable bonds is 6. The normalized spacial score (nSPS) is 11.1. The van der Waals surface area contributed by atoms with E-state index in [9.17, 15) is 9.59 Å². The summed E-state index contributed by atoms with van der Waals surface area (Å²) >= 11 is 3.13. The predicted molar refractivity (Wildman–Crippen MR) is 110 cm³/mol. The molecule has 2 aromatic heterocycles. The highest BCUT2D eigenvalue weighted by molar-refractivity contribution is 7.11. The molecule has 2 N–H and O–H groups in total. The minimum atomic E-state index is -0.223. The van der Waals surface area contributed by atoms with Crippen LogP contribution < -0.4 is 10.6 Å². The van der Waals surface area contributed by atoms with Gasteiger partial charge in [-0.3, -0.25) is 9.59 Å². The van der Waals surface area contributed by atoms with Crippen molar-refractivity contribution >= 4 is 58.0 Å². The van der Waals surface area contributed by atoms with Gasteiger partial charge in [0.2, 0.25) is 11.8 Å². The predicted octanol–water partition coefficient (Wildman–Crippen LogP) is 5.11. The third-order valence-corrected chi connectivity index (χ3v) is 4.96. The van der Waals surface area contributed by atoms with Crippen LogP contribution >= 0.6 is 22.7 Å². The Balaban J connectivity index is 1.57. The zero-order chi connectivity index (χ0) is 18.2. The Hall–Kier alpha value is -2.96. The van der Waals surface area contributed by atoms with Crippen molar-refractivity contribution in [1.82, 2.24) is 0 Å². The van der Waals surface area contributed by atoms with E-state index < -0.39 is 0 Å². The molecule has 1 aromatic carbocycles. The molecule has 0 radical (unpaired) electrons. The molecule has 0 unspecified atom stereocenters. The van der Waals surface area contributed by atoms with E-state index in [-0.39, 0.29) is 11.8 Å². The summed E-state index contributed by atoms with van der Waals surface area (Å²) in [6.45, 7) is 0. The molecule has 0 fully saturated rings. The lowest BCUT2D eigenvalue weighted by Crippen LogP contribution is -2.10. The van der Waals surface area contributed by atoms with Gasteiger partial charge in [-0.15, -0.1) is 22.7 Å². The molecule has 6 heteroatoms. The van der Waals surface area contributed by atoms with Crippen LogP contribution in [-0.2, 0) is 9.59 Å². The maximum Gasteiger partial charge on any atom is 0.248 e. The van der Waals surface area contributed by atoms with Crippen LogP contribution in [0, 0.1) is 0 Å². The van der Waals surface area contributed by atoms with Gasteiger partial charge in [-0.25, -0.2) is 0 Å². The fourth-order valence-corrected chi connectivity index (χ4v) is 3.37. The van der Waals surface area contributed by atoms with Gasteiger partial charge < -0.3 is 10.6 Å². The maximum atomic E-state index is 12.0. The molecule has 0 aliphatic rings. The number of anilines is 2. The van der Waals surface area contributed by atoms with E-state index in [4.69, 9.17) is 0 Å². The molecule has 130 valence electrons. The third-order valence-electron chi connectivity index (χ3n) is 3.28. The van der Waals surface area contributed by atoms with E-state index >= 15 is 0 Å². The topological polar surface area (TPSA) is 58.2 Å². The molecule has 2 amide bonds. The van der Waals surface area contributed by atoms with Gasteiger partial charge in [0.25, 0.3) is 0 Å². The maximum absolute atomic E-state index is 12.0. The Morgan fingerprint density at radius 3 is 1.65 bits per heavy atom. The van der Waals surface area contributed by atoms with Crippen LogP contribution in [0.3, 0.4) is 0 Å². The van der Waals surface area contributed by atoms with Crippen LogP contribution in [0.25, 0.3) is 12.2 Å². The van der Waals surface area contributed by atoms with Gasteiger partial charge in [-0.2, -0.15) is 0 Å². The highest BCUT2D eigenvalue weighted by atomic mass is 32.1. The molecule has 4 nitrogen and oxygen atoms in total. The highest BCUT2D eigenvalue weighted by Gasteiger charge is 2.02. The molecule has 0 bridgehead atoms. The van der Waals surface area contributed by atoms with E-state index in [1.165, 1.54) is 12.2 Å². The summed E-state index contributed by atoms with van der Waals surface area (Å²) in [6.07, 6.45) is 6.50. The van der Waals surface area contributed by atoms with Gasteiger partial charge in [0.1, 0.15) is 0 Å². The van der Waals surface area contributed by atoms with Gasteiger partial charge in [0.15, 0.2) is 0 Å². The molecule has 0 saturated carbocycles. The van der Waals surface area contributed by atoms with E-state index in [0.717, 1.165) is 9.75 Å². The molecule has 26 heavy (non-hydrogen) atoms. The molecule has 3 aromatic rings. The summed E-state index contributed by atoms with van der Waals surface area (Å²) in [7, 11) is 0. The second-order valence-corrected chi connectivity index (χ2v) is 7.22. The summed E-state index contributed by atoms with van der Waals surface area (Å²) in [6, 6.07) is 14.8. The lowest BCUT2D eigenvalue weighted by atomic mass is 10.2. The Morgan fingerprint density at radius 2 is 1.23 bits per heavy atom. The summed E-state index contributed by atoms with van der Waals surface area (Å²) in [4.78, 5) is 26.0. The van der Waals surface area contributed by atoms with E-state index in [2.05, 4.69) is 10.6 Å².